The van der Waals surface area contributed by atoms with E-state index in [0.29, 0.717) is 16.5 Å². The highest BCUT2D eigenvalue weighted by atomic mass is 16.5. The van der Waals surface area contributed by atoms with Crippen LogP contribution >= 0.6 is 0 Å². The van der Waals surface area contributed by atoms with Gasteiger partial charge in [0.25, 0.3) is 11.5 Å². The molecule has 24 heavy (non-hydrogen) atoms. The summed E-state index contributed by atoms with van der Waals surface area (Å²) < 4.78 is 5.16. The van der Waals surface area contributed by atoms with Gasteiger partial charge in [-0.3, -0.25) is 14.4 Å². The Bertz CT molecular complexity index is 820. The van der Waals surface area contributed by atoms with E-state index < -0.39 is 17.6 Å². The third-order valence-electron chi connectivity index (χ3n) is 3.26. The van der Waals surface area contributed by atoms with Gasteiger partial charge in [0.05, 0.1) is 17.5 Å². The predicted molar refractivity (Wildman–Crippen MR) is 89.5 cm³/mol. The second-order valence-corrected chi connectivity index (χ2v) is 6.59. The molecule has 0 saturated heterocycles. The van der Waals surface area contributed by atoms with E-state index in [1.807, 2.05) is 20.8 Å². The molecule has 0 unspecified atom stereocenters. The average Bonchev–Trinajstić information content (AvgIpc) is 2.48. The Morgan fingerprint density at radius 3 is 2.50 bits per heavy atom. The molecule has 2 aromatic rings. The van der Waals surface area contributed by atoms with Gasteiger partial charge in [-0.05, 0) is 33.8 Å². The number of esters is 1. The molecule has 0 aliphatic rings. The minimum Gasteiger partial charge on any atom is -0.452 e. The van der Waals surface area contributed by atoms with E-state index in [9.17, 15) is 14.4 Å². The quantitative estimate of drug-likeness (QED) is 0.823. The van der Waals surface area contributed by atoms with Gasteiger partial charge in [0.1, 0.15) is 0 Å². The molecule has 0 aliphatic heterocycles. The molecule has 7 nitrogen and oxygen atoms in total. The Morgan fingerprint density at radius 1 is 1.25 bits per heavy atom. The van der Waals surface area contributed by atoms with Crippen LogP contribution in [0.25, 0.3) is 10.8 Å². The molecule has 0 bridgehead atoms. The third-order valence-corrected chi connectivity index (χ3v) is 3.26. The van der Waals surface area contributed by atoms with E-state index in [0.717, 1.165) is 0 Å². The number of carbonyl (C=O) groups is 2. The smallest absolute Gasteiger partial charge is 0.312 e. The van der Waals surface area contributed by atoms with Crippen molar-refractivity contribution in [2.75, 3.05) is 0 Å². The molecule has 0 radical (unpaired) electrons. The minimum atomic E-state index is -0.911. The second kappa shape index (κ2) is 6.82. The van der Waals surface area contributed by atoms with Crippen molar-refractivity contribution in [3.05, 3.63) is 40.3 Å². The molecule has 0 aliphatic carbocycles. The van der Waals surface area contributed by atoms with Crippen LogP contribution < -0.4 is 10.9 Å². The van der Waals surface area contributed by atoms with E-state index in [1.54, 1.807) is 24.3 Å². The lowest BCUT2D eigenvalue weighted by molar-refractivity contribution is -0.154. The zero-order valence-corrected chi connectivity index (χ0v) is 14.2. The van der Waals surface area contributed by atoms with E-state index in [-0.39, 0.29) is 17.9 Å². The first-order valence-electron chi connectivity index (χ1n) is 7.65. The number of H-pyrrole nitrogens is 1. The number of benzene rings is 1. The van der Waals surface area contributed by atoms with Crippen molar-refractivity contribution < 1.29 is 14.3 Å². The average molecular weight is 331 g/mol. The number of fused-ring (bicyclic) bond motifs is 1. The molecule has 1 amide bonds. The first-order valence-corrected chi connectivity index (χ1v) is 7.65. The van der Waals surface area contributed by atoms with Crippen LogP contribution in [0.5, 0.6) is 0 Å². The van der Waals surface area contributed by atoms with Crippen molar-refractivity contribution in [2.45, 2.75) is 45.8 Å². The van der Waals surface area contributed by atoms with Crippen molar-refractivity contribution in [3.63, 3.8) is 0 Å². The van der Waals surface area contributed by atoms with Crippen molar-refractivity contribution in [2.24, 2.45) is 0 Å². The van der Waals surface area contributed by atoms with Crippen molar-refractivity contribution in [3.8, 4) is 0 Å². The molecule has 1 atom stereocenters. The summed E-state index contributed by atoms with van der Waals surface area (Å²) >= 11 is 0. The van der Waals surface area contributed by atoms with Crippen LogP contribution in [-0.4, -0.2) is 33.7 Å². The molecule has 0 spiro atoms. The summed E-state index contributed by atoms with van der Waals surface area (Å²) in [5.74, 6) is -0.952. The van der Waals surface area contributed by atoms with Gasteiger partial charge in [0, 0.05) is 10.9 Å². The Labute approximate surface area is 139 Å². The van der Waals surface area contributed by atoms with Gasteiger partial charge in [-0.15, -0.1) is 0 Å². The van der Waals surface area contributed by atoms with E-state index >= 15 is 0 Å². The van der Waals surface area contributed by atoms with Gasteiger partial charge in [-0.2, -0.15) is 5.10 Å². The molecule has 2 rings (SSSR count). The minimum absolute atomic E-state index is 0.134. The zero-order chi connectivity index (χ0) is 17.9. The molecular formula is C17H21N3O4. The summed E-state index contributed by atoms with van der Waals surface area (Å²) in [7, 11) is 0. The normalized spacial score (nSPS) is 12.7. The predicted octanol–water partition coefficient (Wildman–Crippen LogP) is 1.31. The zero-order valence-electron chi connectivity index (χ0n) is 14.2. The highest BCUT2D eigenvalue weighted by Crippen LogP contribution is 2.13. The van der Waals surface area contributed by atoms with E-state index in [2.05, 4.69) is 15.5 Å². The number of nitrogens with one attached hydrogen (secondary N) is 2. The Kier molecular flexibility index (Phi) is 5.02. The molecule has 7 heteroatoms. The van der Waals surface area contributed by atoms with Gasteiger partial charge in [-0.25, -0.2) is 5.10 Å². The maximum absolute atomic E-state index is 12.1. The van der Waals surface area contributed by atoms with Gasteiger partial charge in [-0.1, -0.05) is 18.2 Å². The summed E-state index contributed by atoms with van der Waals surface area (Å²) in [6, 6.07) is 6.87. The van der Waals surface area contributed by atoms with Crippen LogP contribution in [0, 0.1) is 0 Å². The summed E-state index contributed by atoms with van der Waals surface area (Å²) in [4.78, 5) is 35.8. The molecule has 128 valence electrons. The largest absolute Gasteiger partial charge is 0.452 e. The number of hydrogen-bond donors (Lipinski definition) is 2. The fraction of sp³-hybridized carbons (Fsp3) is 0.412. The van der Waals surface area contributed by atoms with Gasteiger partial charge < -0.3 is 10.1 Å². The number of aromatic nitrogens is 2. The summed E-state index contributed by atoms with van der Waals surface area (Å²) in [6.07, 6.45) is -1.05. The maximum atomic E-state index is 12.1. The topological polar surface area (TPSA) is 101 Å². The lowest BCUT2D eigenvalue weighted by atomic mass is 10.1. The number of carbonyl (C=O) groups excluding carboxylic acids is 2. The molecule has 0 saturated carbocycles. The molecular weight excluding hydrogens is 310 g/mol. The number of hydrogen-bond acceptors (Lipinski definition) is 5. The Balaban J connectivity index is 2.09. The fourth-order valence-electron chi connectivity index (χ4n) is 2.21. The summed E-state index contributed by atoms with van der Waals surface area (Å²) in [6.45, 7) is 7.04. The molecule has 1 aromatic heterocycles. The molecule has 1 heterocycles. The highest BCUT2D eigenvalue weighted by molar-refractivity contribution is 5.88. The van der Waals surface area contributed by atoms with Crippen molar-refractivity contribution >= 4 is 22.6 Å². The first kappa shape index (κ1) is 17.7. The third kappa shape index (κ3) is 4.41. The molecule has 2 N–H and O–H groups in total. The summed E-state index contributed by atoms with van der Waals surface area (Å²) in [5, 5.41) is 10.1. The van der Waals surface area contributed by atoms with Crippen LogP contribution in [0.4, 0.5) is 0 Å². The van der Waals surface area contributed by atoms with Crippen LogP contribution in [0.3, 0.4) is 0 Å². The number of rotatable bonds is 4. The standard InChI is InChI=1S/C17H21N3O4/c1-10(15(22)18-17(2,3)4)24-14(21)9-13-11-7-5-6-8-12(11)16(23)20-19-13/h5-8,10H,9H2,1-4H3,(H,18,22)(H,20,23)/t10-/m1/s1. The Morgan fingerprint density at radius 2 is 1.88 bits per heavy atom. The fourth-order valence-corrected chi connectivity index (χ4v) is 2.21. The van der Waals surface area contributed by atoms with Crippen LogP contribution in [0.2, 0.25) is 0 Å². The lowest BCUT2D eigenvalue weighted by Crippen LogP contribution is -2.46. The van der Waals surface area contributed by atoms with E-state index in [1.165, 1.54) is 6.92 Å². The second-order valence-electron chi connectivity index (χ2n) is 6.59. The number of amides is 1. The number of nitrogens with zero attached hydrogens (tertiary/aromatic N) is 1. The van der Waals surface area contributed by atoms with Crippen LogP contribution in [0.15, 0.2) is 29.1 Å². The first-order chi connectivity index (χ1) is 11.2. The van der Waals surface area contributed by atoms with Crippen LogP contribution in [0.1, 0.15) is 33.4 Å². The van der Waals surface area contributed by atoms with E-state index in [4.69, 9.17) is 4.74 Å². The van der Waals surface area contributed by atoms with Gasteiger partial charge >= 0.3 is 5.97 Å². The highest BCUT2D eigenvalue weighted by Gasteiger charge is 2.23. The van der Waals surface area contributed by atoms with Crippen molar-refractivity contribution in [1.82, 2.24) is 15.5 Å². The molecule has 1 aromatic carbocycles. The number of ether oxygens (including phenoxy) is 1. The number of aromatic amines is 1. The van der Waals surface area contributed by atoms with Gasteiger partial charge in [0.2, 0.25) is 0 Å². The monoisotopic (exact) mass is 331 g/mol. The van der Waals surface area contributed by atoms with Crippen molar-refractivity contribution in [1.29, 1.82) is 0 Å². The summed E-state index contributed by atoms with van der Waals surface area (Å²) in [5.41, 5.74) is -0.326. The SMILES string of the molecule is C[C@@H](OC(=O)Cc1n[nH]c(=O)c2ccccc12)C(=O)NC(C)(C)C. The van der Waals surface area contributed by atoms with Gasteiger partial charge in [0.15, 0.2) is 6.10 Å². The molecule has 0 fully saturated rings. The Hall–Kier alpha value is -2.70. The lowest BCUT2D eigenvalue weighted by Gasteiger charge is -2.23. The van der Waals surface area contributed by atoms with Crippen LogP contribution in [-0.2, 0) is 20.7 Å². The maximum Gasteiger partial charge on any atom is 0.312 e.